The number of hydrazine groups is 1. The van der Waals surface area contributed by atoms with Crippen molar-refractivity contribution in [2.75, 3.05) is 23.7 Å². The van der Waals surface area contributed by atoms with E-state index in [2.05, 4.69) is 34.8 Å². The van der Waals surface area contributed by atoms with E-state index >= 15 is 0 Å². The summed E-state index contributed by atoms with van der Waals surface area (Å²) in [4.78, 5) is 31.4. The number of nitrogens with zero attached hydrogens (tertiary/aromatic N) is 3. The second-order valence-electron chi connectivity index (χ2n) is 9.52. The number of benzene rings is 4. The molecule has 0 spiro atoms. The molecule has 1 aliphatic rings. The zero-order chi connectivity index (χ0) is 28.3. The summed E-state index contributed by atoms with van der Waals surface area (Å²) in [5.41, 5.74) is 9.81. The smallest absolute Gasteiger partial charge is 0.434 e. The third-order valence-corrected chi connectivity index (χ3v) is 7.64. The molecule has 1 heterocycles. The number of amides is 2. The molecule has 0 bridgehead atoms. The zero-order valence-electron chi connectivity index (χ0n) is 22.5. The van der Waals surface area contributed by atoms with Gasteiger partial charge in [0.15, 0.2) is 5.51 Å². The third kappa shape index (κ3) is 5.05. The van der Waals surface area contributed by atoms with Crippen molar-refractivity contribution in [3.63, 3.8) is 0 Å². The molecular formula is C33H26N3O4S. The van der Waals surface area contributed by atoms with E-state index in [1.807, 2.05) is 47.8 Å². The first-order chi connectivity index (χ1) is 20.0. The van der Waals surface area contributed by atoms with Gasteiger partial charge in [-0.1, -0.05) is 60.7 Å². The number of methoxy groups -OCH3 is 1. The van der Waals surface area contributed by atoms with Gasteiger partial charge >= 0.3 is 6.09 Å². The number of carbonyl (C=O) groups is 2. The molecule has 0 saturated heterocycles. The average molecular weight is 561 g/mol. The van der Waals surface area contributed by atoms with E-state index in [1.165, 1.54) is 28.3 Å². The van der Waals surface area contributed by atoms with Crippen LogP contribution in [0.5, 0.6) is 5.75 Å². The summed E-state index contributed by atoms with van der Waals surface area (Å²) in [6.45, 7) is 1.52. The van der Waals surface area contributed by atoms with Crippen LogP contribution in [0.3, 0.4) is 0 Å². The normalized spacial score (nSPS) is 11.9. The number of anilines is 2. The molecule has 1 aliphatic carbocycles. The van der Waals surface area contributed by atoms with Crippen LogP contribution in [0.1, 0.15) is 24.0 Å². The summed E-state index contributed by atoms with van der Waals surface area (Å²) in [5, 5.41) is 4.46. The molecule has 8 heteroatoms. The first-order valence-electron chi connectivity index (χ1n) is 13.1. The lowest BCUT2D eigenvalue weighted by atomic mass is 9.98. The van der Waals surface area contributed by atoms with Crippen LogP contribution in [0.25, 0.3) is 22.4 Å². The molecule has 0 atom stereocenters. The predicted octanol–water partition coefficient (Wildman–Crippen LogP) is 7.34. The highest BCUT2D eigenvalue weighted by Gasteiger charge is 2.33. The standard InChI is InChI=1S/C33H26N3O4S/c1-22(37)35(25-9-7-8-23(18-25)32-20-41-21-34-32)36(24-14-16-26(39-2)17-15-24)33(38)40-19-31-29-12-5-3-10-27(29)28-11-4-6-13-30(28)31/h3-18,20,31H,19H2,1-2H3. The number of ether oxygens (including phenoxy) is 2. The number of fused-ring (bicyclic) bond motifs is 3. The van der Waals surface area contributed by atoms with E-state index < -0.39 is 6.09 Å². The van der Waals surface area contributed by atoms with Gasteiger partial charge in [-0.25, -0.2) is 14.8 Å². The molecule has 4 aromatic carbocycles. The Bertz CT molecular complexity index is 1660. The van der Waals surface area contributed by atoms with Crippen LogP contribution in [0.4, 0.5) is 16.2 Å². The van der Waals surface area contributed by atoms with Crippen molar-refractivity contribution in [3.8, 4) is 28.1 Å². The Morgan fingerprint density at radius 1 is 0.854 bits per heavy atom. The van der Waals surface area contributed by atoms with Crippen molar-refractivity contribution in [2.24, 2.45) is 0 Å². The second-order valence-corrected chi connectivity index (χ2v) is 10.2. The van der Waals surface area contributed by atoms with Gasteiger partial charge in [0.2, 0.25) is 5.91 Å². The molecule has 0 saturated carbocycles. The molecule has 5 aromatic rings. The highest BCUT2D eigenvalue weighted by atomic mass is 32.1. The van der Waals surface area contributed by atoms with Gasteiger partial charge in [0, 0.05) is 23.8 Å². The molecular weight excluding hydrogens is 534 g/mol. The minimum atomic E-state index is -0.681. The maximum Gasteiger partial charge on any atom is 0.434 e. The van der Waals surface area contributed by atoms with Crippen molar-refractivity contribution in [1.82, 2.24) is 4.98 Å². The summed E-state index contributed by atoms with van der Waals surface area (Å²) in [5.74, 6) is 0.132. The fourth-order valence-corrected chi connectivity index (χ4v) is 5.74. The predicted molar refractivity (Wildman–Crippen MR) is 160 cm³/mol. The van der Waals surface area contributed by atoms with E-state index in [0.29, 0.717) is 17.1 Å². The number of hydrogen-bond acceptors (Lipinski definition) is 6. The van der Waals surface area contributed by atoms with Crippen molar-refractivity contribution < 1.29 is 19.1 Å². The van der Waals surface area contributed by atoms with Gasteiger partial charge in [0.25, 0.3) is 0 Å². The second kappa shape index (κ2) is 11.3. The van der Waals surface area contributed by atoms with Crippen molar-refractivity contribution in [3.05, 3.63) is 119 Å². The number of carbonyl (C=O) groups excluding carboxylic acids is 2. The van der Waals surface area contributed by atoms with E-state index in [4.69, 9.17) is 9.47 Å². The Morgan fingerprint density at radius 3 is 2.15 bits per heavy atom. The topological polar surface area (TPSA) is 72.0 Å². The van der Waals surface area contributed by atoms with Crippen LogP contribution in [0.15, 0.2) is 102 Å². The molecule has 0 fully saturated rings. The fraction of sp³-hybridized carbons (Fsp3) is 0.121. The minimum Gasteiger partial charge on any atom is -0.497 e. The van der Waals surface area contributed by atoms with Crippen LogP contribution < -0.4 is 14.8 Å². The summed E-state index contributed by atoms with van der Waals surface area (Å²) in [6, 6.07) is 30.5. The van der Waals surface area contributed by atoms with Gasteiger partial charge in [0.05, 0.1) is 24.2 Å². The van der Waals surface area contributed by atoms with Crippen LogP contribution in [0.2, 0.25) is 0 Å². The molecule has 6 rings (SSSR count). The lowest BCUT2D eigenvalue weighted by Crippen LogP contribution is -2.50. The SMILES string of the molecule is COc1ccc(N(C(=O)OCC2c3ccccc3-c3ccccc32)N(C(C)=O)c2cccc(-c3cs[c]n3)c2)cc1. The lowest BCUT2D eigenvalue weighted by molar-refractivity contribution is -0.116. The number of aromatic nitrogens is 1. The molecule has 203 valence electrons. The van der Waals surface area contributed by atoms with Gasteiger partial charge in [-0.15, -0.1) is 11.3 Å². The average Bonchev–Trinajstić information content (AvgIpc) is 3.66. The molecule has 7 nitrogen and oxygen atoms in total. The van der Waals surface area contributed by atoms with Gasteiger partial charge in [-0.05, 0) is 58.7 Å². The van der Waals surface area contributed by atoms with Crippen molar-refractivity contribution in [1.29, 1.82) is 0 Å². The summed E-state index contributed by atoms with van der Waals surface area (Å²) >= 11 is 1.36. The number of rotatable bonds is 6. The molecule has 41 heavy (non-hydrogen) atoms. The largest absolute Gasteiger partial charge is 0.497 e. The lowest BCUT2D eigenvalue weighted by Gasteiger charge is -2.33. The van der Waals surface area contributed by atoms with Crippen LogP contribution >= 0.6 is 11.3 Å². The Labute approximate surface area is 242 Å². The van der Waals surface area contributed by atoms with Crippen LogP contribution in [-0.2, 0) is 9.53 Å². The minimum absolute atomic E-state index is 0.111. The maximum atomic E-state index is 14.0. The molecule has 1 aromatic heterocycles. The van der Waals surface area contributed by atoms with Crippen molar-refractivity contribution >= 4 is 34.7 Å². The summed E-state index contributed by atoms with van der Waals surface area (Å²) < 4.78 is 11.3. The molecule has 0 unspecified atom stereocenters. The molecule has 2 amide bonds. The van der Waals surface area contributed by atoms with E-state index in [0.717, 1.165) is 33.5 Å². The highest BCUT2D eigenvalue weighted by molar-refractivity contribution is 7.07. The zero-order valence-corrected chi connectivity index (χ0v) is 23.3. The third-order valence-electron chi connectivity index (χ3n) is 7.10. The summed E-state index contributed by atoms with van der Waals surface area (Å²) in [6.07, 6.45) is -0.681. The Morgan fingerprint density at radius 2 is 1.54 bits per heavy atom. The molecule has 0 aliphatic heterocycles. The number of hydrogen-bond donors (Lipinski definition) is 0. The quantitative estimate of drug-likeness (QED) is 0.203. The monoisotopic (exact) mass is 560 g/mol. The van der Waals surface area contributed by atoms with Crippen LogP contribution in [0, 0.1) is 5.51 Å². The molecule has 0 N–H and O–H groups in total. The maximum absolute atomic E-state index is 14.0. The Balaban J connectivity index is 1.36. The van der Waals surface area contributed by atoms with Crippen molar-refractivity contribution in [2.45, 2.75) is 12.8 Å². The van der Waals surface area contributed by atoms with Gasteiger partial charge in [-0.3, -0.25) is 4.79 Å². The van der Waals surface area contributed by atoms with E-state index in [-0.39, 0.29) is 18.4 Å². The van der Waals surface area contributed by atoms with E-state index in [9.17, 15) is 9.59 Å². The van der Waals surface area contributed by atoms with Crippen LogP contribution in [-0.4, -0.2) is 30.7 Å². The highest BCUT2D eigenvalue weighted by Crippen LogP contribution is 2.44. The molecule has 1 radical (unpaired) electrons. The number of thiazole rings is 1. The van der Waals surface area contributed by atoms with Gasteiger partial charge in [-0.2, -0.15) is 5.01 Å². The Kier molecular flexibility index (Phi) is 7.22. The van der Waals surface area contributed by atoms with E-state index in [1.54, 1.807) is 37.4 Å². The Hall–Kier alpha value is -4.95. The van der Waals surface area contributed by atoms with Gasteiger partial charge in [0.1, 0.15) is 12.4 Å². The first-order valence-corrected chi connectivity index (χ1v) is 13.9. The first kappa shape index (κ1) is 26.3. The fourth-order valence-electron chi connectivity index (χ4n) is 5.23. The van der Waals surface area contributed by atoms with Gasteiger partial charge < -0.3 is 9.47 Å². The summed E-state index contributed by atoms with van der Waals surface area (Å²) in [7, 11) is 1.57.